The molecule has 2 aliphatic rings. The fourth-order valence-electron chi connectivity index (χ4n) is 5.53. The summed E-state index contributed by atoms with van der Waals surface area (Å²) in [6, 6.07) is 10.3. The Morgan fingerprint density at radius 1 is 1.11 bits per heavy atom. The molecular formula is C30H37N5O3. The molecule has 38 heavy (non-hydrogen) atoms. The maximum atomic E-state index is 12.7. The lowest BCUT2D eigenvalue weighted by Crippen LogP contribution is -2.51. The summed E-state index contributed by atoms with van der Waals surface area (Å²) >= 11 is 0. The number of hydrogen-bond acceptors (Lipinski definition) is 6. The van der Waals surface area contributed by atoms with Gasteiger partial charge in [-0.25, -0.2) is 9.78 Å². The van der Waals surface area contributed by atoms with E-state index in [0.717, 1.165) is 33.5 Å². The van der Waals surface area contributed by atoms with Crippen LogP contribution in [0.4, 0.5) is 4.79 Å². The number of ether oxygens (including phenoxy) is 1. The largest absolute Gasteiger partial charge is 0.444 e. The summed E-state index contributed by atoms with van der Waals surface area (Å²) in [5.74, 6) is 0. The number of nitrogens with zero attached hydrogens (tertiary/aromatic N) is 5. The maximum Gasteiger partial charge on any atom is 0.410 e. The molecule has 0 bridgehead atoms. The summed E-state index contributed by atoms with van der Waals surface area (Å²) in [5.41, 5.74) is 4.82. The maximum absolute atomic E-state index is 12.7. The summed E-state index contributed by atoms with van der Waals surface area (Å²) < 4.78 is 7.47. The van der Waals surface area contributed by atoms with Gasteiger partial charge in [-0.3, -0.25) is 9.88 Å². The van der Waals surface area contributed by atoms with Crippen LogP contribution in [0.1, 0.15) is 67.4 Å². The number of carbonyl (C=O) groups excluding carboxylic acids is 1. The Morgan fingerprint density at radius 3 is 2.50 bits per heavy atom. The number of aromatic nitrogens is 3. The summed E-state index contributed by atoms with van der Waals surface area (Å²) in [5, 5.41) is 12.0. The Bertz CT molecular complexity index is 1380. The molecule has 1 fully saturated rings. The summed E-state index contributed by atoms with van der Waals surface area (Å²) in [4.78, 5) is 26.0. The van der Waals surface area contributed by atoms with E-state index >= 15 is 0 Å². The van der Waals surface area contributed by atoms with Crippen LogP contribution in [-0.4, -0.2) is 67.3 Å². The van der Waals surface area contributed by atoms with Crippen molar-refractivity contribution in [2.75, 3.05) is 26.2 Å². The first kappa shape index (κ1) is 26.1. The highest BCUT2D eigenvalue weighted by molar-refractivity contribution is 5.90. The molecule has 8 heteroatoms. The molecule has 0 spiro atoms. The van der Waals surface area contributed by atoms with E-state index in [1.54, 1.807) is 17.4 Å². The van der Waals surface area contributed by atoms with Gasteiger partial charge in [0, 0.05) is 39.4 Å². The van der Waals surface area contributed by atoms with Crippen molar-refractivity contribution >= 4 is 17.7 Å². The van der Waals surface area contributed by atoms with Gasteiger partial charge in [-0.05, 0) is 69.0 Å². The molecule has 1 saturated heterocycles. The second-order valence-corrected chi connectivity index (χ2v) is 11.5. The molecule has 1 aliphatic carbocycles. The molecule has 1 aromatic carbocycles. The smallest absolute Gasteiger partial charge is 0.410 e. The highest BCUT2D eigenvalue weighted by atomic mass is 16.6. The Morgan fingerprint density at radius 2 is 1.84 bits per heavy atom. The lowest BCUT2D eigenvalue weighted by atomic mass is 9.83. The number of rotatable bonds is 3. The molecule has 1 aliphatic heterocycles. The predicted molar refractivity (Wildman–Crippen MR) is 147 cm³/mol. The first-order valence-corrected chi connectivity index (χ1v) is 13.1. The minimum Gasteiger partial charge on any atom is -0.444 e. The molecule has 1 unspecified atom stereocenters. The van der Waals surface area contributed by atoms with Gasteiger partial charge in [0.1, 0.15) is 11.2 Å². The molecule has 3 aromatic rings. The summed E-state index contributed by atoms with van der Waals surface area (Å²) in [6.45, 7) is 12.1. The number of fused-ring (bicyclic) bond motifs is 2. The fourth-order valence-corrected chi connectivity index (χ4v) is 5.53. The zero-order valence-corrected chi connectivity index (χ0v) is 23.1. The van der Waals surface area contributed by atoms with Crippen molar-refractivity contribution in [3.63, 3.8) is 0 Å². The van der Waals surface area contributed by atoms with Gasteiger partial charge in [0.25, 0.3) is 0 Å². The monoisotopic (exact) mass is 515 g/mol. The zero-order valence-electron chi connectivity index (χ0n) is 23.1. The van der Waals surface area contributed by atoms with Gasteiger partial charge < -0.3 is 19.3 Å². The molecule has 200 valence electrons. The second-order valence-electron chi connectivity index (χ2n) is 11.5. The molecule has 3 heterocycles. The van der Waals surface area contributed by atoms with E-state index < -0.39 is 11.2 Å². The number of hydrogen-bond donors (Lipinski definition) is 1. The van der Waals surface area contributed by atoms with Gasteiger partial charge in [0.2, 0.25) is 0 Å². The summed E-state index contributed by atoms with van der Waals surface area (Å²) in [6.07, 6.45) is 7.06. The Balaban J connectivity index is 1.57. The normalized spacial score (nSPS) is 19.6. The molecule has 2 aromatic heterocycles. The lowest BCUT2D eigenvalue weighted by Gasteiger charge is -2.40. The van der Waals surface area contributed by atoms with Crippen molar-refractivity contribution in [2.45, 2.75) is 51.9 Å². The van der Waals surface area contributed by atoms with Crippen LogP contribution < -0.4 is 0 Å². The number of aliphatic hydroxyl groups is 1. The van der Waals surface area contributed by atoms with Gasteiger partial charge in [0.15, 0.2) is 0 Å². The first-order chi connectivity index (χ1) is 18.0. The van der Waals surface area contributed by atoms with Crippen LogP contribution in [0, 0.1) is 6.92 Å². The Hall–Kier alpha value is -3.49. The molecule has 0 saturated carbocycles. The Kier molecular flexibility index (Phi) is 6.65. The van der Waals surface area contributed by atoms with Crippen LogP contribution in [0.2, 0.25) is 0 Å². The lowest BCUT2D eigenvalue weighted by molar-refractivity contribution is 0.0117. The number of imidazole rings is 1. The van der Waals surface area contributed by atoms with E-state index in [0.29, 0.717) is 31.9 Å². The number of aryl methyl sites for hydroxylation is 2. The molecule has 5 rings (SSSR count). The SMILES string of the molecule is Cc1ccc2c(c1)C([C@](C)(O)c1cncn1C)=Cc1cccnc1C2N1CCN(C(=O)OC(C)(C)C)CC1. The van der Waals surface area contributed by atoms with Crippen LogP contribution in [0.5, 0.6) is 0 Å². The third-order valence-electron chi connectivity index (χ3n) is 7.39. The van der Waals surface area contributed by atoms with Gasteiger partial charge in [-0.1, -0.05) is 29.8 Å². The van der Waals surface area contributed by atoms with Crippen LogP contribution in [-0.2, 0) is 17.4 Å². The van der Waals surface area contributed by atoms with Gasteiger partial charge in [0.05, 0.1) is 30.0 Å². The highest BCUT2D eigenvalue weighted by Crippen LogP contribution is 2.46. The first-order valence-electron chi connectivity index (χ1n) is 13.1. The van der Waals surface area contributed by atoms with Gasteiger partial charge in [-0.15, -0.1) is 0 Å². The second kappa shape index (κ2) is 9.67. The molecule has 0 radical (unpaired) electrons. The van der Waals surface area contributed by atoms with E-state index in [9.17, 15) is 9.90 Å². The van der Waals surface area contributed by atoms with Crippen molar-refractivity contribution in [3.8, 4) is 0 Å². The van der Waals surface area contributed by atoms with Crippen molar-refractivity contribution in [2.24, 2.45) is 7.05 Å². The van der Waals surface area contributed by atoms with Crippen LogP contribution >= 0.6 is 0 Å². The molecule has 1 N–H and O–H groups in total. The Labute approximate surface area is 224 Å². The van der Waals surface area contributed by atoms with E-state index in [1.807, 2.05) is 51.6 Å². The van der Waals surface area contributed by atoms with Gasteiger partial charge >= 0.3 is 6.09 Å². The van der Waals surface area contributed by atoms with E-state index in [-0.39, 0.29) is 12.1 Å². The highest BCUT2D eigenvalue weighted by Gasteiger charge is 2.39. The van der Waals surface area contributed by atoms with E-state index in [1.165, 1.54) is 0 Å². The fraction of sp³-hybridized carbons (Fsp3) is 0.433. The third-order valence-corrected chi connectivity index (χ3v) is 7.39. The molecular weight excluding hydrogens is 478 g/mol. The number of piperazine rings is 1. The minimum atomic E-state index is -1.29. The summed E-state index contributed by atoms with van der Waals surface area (Å²) in [7, 11) is 1.90. The van der Waals surface area contributed by atoms with Crippen molar-refractivity contribution in [1.29, 1.82) is 0 Å². The van der Waals surface area contributed by atoms with E-state index in [4.69, 9.17) is 9.72 Å². The predicted octanol–water partition coefficient (Wildman–Crippen LogP) is 4.53. The van der Waals surface area contributed by atoms with Crippen molar-refractivity contribution < 1.29 is 14.6 Å². The molecule has 2 atom stereocenters. The van der Waals surface area contributed by atoms with Crippen LogP contribution in [0.15, 0.2) is 49.1 Å². The number of benzene rings is 1. The molecule has 8 nitrogen and oxygen atoms in total. The van der Waals surface area contributed by atoms with E-state index in [2.05, 4.69) is 47.1 Å². The van der Waals surface area contributed by atoms with Crippen molar-refractivity contribution in [3.05, 3.63) is 82.7 Å². The average molecular weight is 516 g/mol. The number of pyridine rings is 1. The number of carbonyl (C=O) groups is 1. The van der Waals surface area contributed by atoms with Crippen molar-refractivity contribution in [1.82, 2.24) is 24.3 Å². The standard InChI is InChI=1S/C30H37N5O3/c1-20-9-10-22-23(16-20)24(30(5,37)25-18-31-19-33(25)6)17-21-8-7-11-32-26(21)27(22)34-12-14-35(15-13-34)28(36)38-29(2,3)4/h7-11,16-19,27,37H,12-15H2,1-6H3/t27?,30-/m0/s1. The van der Waals surface area contributed by atoms with Gasteiger partial charge in [-0.2, -0.15) is 0 Å². The average Bonchev–Trinajstić information content (AvgIpc) is 3.24. The third kappa shape index (κ3) is 4.86. The quantitative estimate of drug-likeness (QED) is 0.552. The van der Waals surface area contributed by atoms with Crippen LogP contribution in [0.3, 0.4) is 0 Å². The topological polar surface area (TPSA) is 83.7 Å². The molecule has 1 amide bonds. The van der Waals surface area contributed by atoms with Crippen LogP contribution in [0.25, 0.3) is 11.6 Å². The number of amides is 1. The minimum absolute atomic E-state index is 0.126. The zero-order chi connectivity index (χ0) is 27.2.